The predicted octanol–water partition coefficient (Wildman–Crippen LogP) is -0.666. The molecule has 13 heavy (non-hydrogen) atoms. The zero-order chi connectivity index (χ0) is 9.61. The van der Waals surface area contributed by atoms with Gasteiger partial charge in [-0.2, -0.15) is 0 Å². The van der Waals surface area contributed by atoms with Gasteiger partial charge in [-0.1, -0.05) is 0 Å². The Kier molecular flexibility index (Phi) is 11.9. The van der Waals surface area contributed by atoms with Crippen molar-refractivity contribution in [1.82, 2.24) is 0 Å². The van der Waals surface area contributed by atoms with E-state index >= 15 is 0 Å². The van der Waals surface area contributed by atoms with Crippen molar-refractivity contribution in [2.75, 3.05) is 6.16 Å². The van der Waals surface area contributed by atoms with Crippen LogP contribution < -0.4 is 34.5 Å². The van der Waals surface area contributed by atoms with Crippen LogP contribution in [0.15, 0.2) is 0 Å². The second kappa shape index (κ2) is 8.99. The van der Waals surface area contributed by atoms with E-state index in [1.807, 2.05) is 0 Å². The van der Waals surface area contributed by atoms with Crippen LogP contribution >= 0.6 is 8.03 Å². The Balaban J connectivity index is 0. The second-order valence-corrected chi connectivity index (χ2v) is 16.5. The van der Waals surface area contributed by atoms with Crippen molar-refractivity contribution in [2.45, 2.75) is 41.8 Å². The summed E-state index contributed by atoms with van der Waals surface area (Å²) in [5.41, 5.74) is 0. The van der Waals surface area contributed by atoms with E-state index in [4.69, 9.17) is 0 Å². The van der Waals surface area contributed by atoms with Crippen molar-refractivity contribution >= 4 is 21.3 Å². The summed E-state index contributed by atoms with van der Waals surface area (Å²) in [5, 5.41) is 4.87. The second-order valence-electron chi connectivity index (χ2n) is 3.43. The van der Waals surface area contributed by atoms with Crippen molar-refractivity contribution in [3.8, 4) is 0 Å². The van der Waals surface area contributed by atoms with Crippen molar-refractivity contribution < 1.29 is 39.0 Å². The standard InChI is InChI=1S/C8H21GeO2P.Na/c1-4-9(5-2,6-3)7-8-12(10)11;/h12H,4-8H2,1-3H3,(H,10,11);/q;+1/p-1. The van der Waals surface area contributed by atoms with E-state index in [0.717, 1.165) is 5.25 Å². The molecule has 0 bridgehead atoms. The van der Waals surface area contributed by atoms with Crippen LogP contribution in [0.25, 0.3) is 0 Å². The van der Waals surface area contributed by atoms with Crippen molar-refractivity contribution in [3.63, 3.8) is 0 Å². The Morgan fingerprint density at radius 3 is 1.77 bits per heavy atom. The van der Waals surface area contributed by atoms with E-state index in [0.29, 0.717) is 6.16 Å². The van der Waals surface area contributed by atoms with Gasteiger partial charge in [0.2, 0.25) is 0 Å². The van der Waals surface area contributed by atoms with Crippen LogP contribution in [-0.2, 0) is 4.57 Å². The summed E-state index contributed by atoms with van der Waals surface area (Å²) >= 11 is -1.66. The van der Waals surface area contributed by atoms with Gasteiger partial charge in [0.15, 0.2) is 0 Å². The Bertz CT molecular complexity index is 143. The molecule has 0 aliphatic rings. The van der Waals surface area contributed by atoms with Crippen LogP contribution in [-0.4, -0.2) is 19.4 Å². The van der Waals surface area contributed by atoms with Crippen LogP contribution in [0.3, 0.4) is 0 Å². The fraction of sp³-hybridized carbons (Fsp3) is 1.00. The Hall–Kier alpha value is 1.73. The van der Waals surface area contributed by atoms with E-state index < -0.39 is 21.3 Å². The smallest absolute Gasteiger partial charge is 1.00 e. The molecule has 74 valence electrons. The number of rotatable bonds is 6. The van der Waals surface area contributed by atoms with Crippen LogP contribution in [0, 0.1) is 0 Å². The molecule has 0 aliphatic carbocycles. The number of hydrogen-bond acceptors (Lipinski definition) is 2. The van der Waals surface area contributed by atoms with Crippen molar-refractivity contribution in [2.24, 2.45) is 0 Å². The molecule has 0 aromatic rings. The maximum Gasteiger partial charge on any atom is 1.00 e. The molecule has 0 fully saturated rings. The van der Waals surface area contributed by atoms with Gasteiger partial charge in [-0.05, 0) is 0 Å². The van der Waals surface area contributed by atoms with Gasteiger partial charge < -0.3 is 0 Å². The van der Waals surface area contributed by atoms with Gasteiger partial charge >= 0.3 is 108 Å². The SMILES string of the molecule is C[CH2][Ge]([CH2]C)([CH2]C)[CH2]C[PH](=O)[O-].[Na+]. The molecule has 0 amide bonds. The normalized spacial score (nSPS) is 13.5. The fourth-order valence-corrected chi connectivity index (χ4v) is 12.4. The summed E-state index contributed by atoms with van der Waals surface area (Å²) in [6.45, 7) is 6.69. The zero-order valence-electron chi connectivity index (χ0n) is 9.35. The van der Waals surface area contributed by atoms with Gasteiger partial charge in [-0.25, -0.2) is 0 Å². The van der Waals surface area contributed by atoms with Gasteiger partial charge in [0.05, 0.1) is 0 Å². The average molecular weight is 275 g/mol. The van der Waals surface area contributed by atoms with E-state index in [2.05, 4.69) is 20.8 Å². The summed E-state index contributed by atoms with van der Waals surface area (Å²) in [5.74, 6) is 0. The monoisotopic (exact) mass is 276 g/mol. The van der Waals surface area contributed by atoms with Crippen LogP contribution in [0.2, 0.25) is 21.0 Å². The molecule has 0 aromatic carbocycles. The first-order chi connectivity index (χ1) is 5.60. The van der Waals surface area contributed by atoms with E-state index in [1.165, 1.54) is 15.8 Å². The maximum absolute atomic E-state index is 10.5. The number of hydrogen-bond donors (Lipinski definition) is 0. The van der Waals surface area contributed by atoms with Gasteiger partial charge in [0.1, 0.15) is 0 Å². The Morgan fingerprint density at radius 1 is 1.15 bits per heavy atom. The first-order valence-electron chi connectivity index (χ1n) is 4.80. The summed E-state index contributed by atoms with van der Waals surface area (Å²) in [7, 11) is -2.45. The molecule has 0 rings (SSSR count). The van der Waals surface area contributed by atoms with Gasteiger partial charge in [0.25, 0.3) is 0 Å². The first kappa shape index (κ1) is 17.1. The molecule has 0 N–H and O–H groups in total. The molecule has 0 saturated heterocycles. The summed E-state index contributed by atoms with van der Waals surface area (Å²) in [6.07, 6.45) is 0.472. The quantitative estimate of drug-likeness (QED) is 0.476. The largest absolute Gasteiger partial charge is 1.00 e. The molecule has 1 unspecified atom stereocenters. The molecule has 0 heterocycles. The molecular weight excluding hydrogens is 255 g/mol. The van der Waals surface area contributed by atoms with Crippen LogP contribution in [0.5, 0.6) is 0 Å². The molecular formula is C8H20GeNaO2P. The van der Waals surface area contributed by atoms with E-state index in [-0.39, 0.29) is 29.6 Å². The molecule has 0 radical (unpaired) electrons. The molecule has 5 heteroatoms. The van der Waals surface area contributed by atoms with Crippen molar-refractivity contribution in [3.05, 3.63) is 0 Å². The Labute approximate surface area is 107 Å². The summed E-state index contributed by atoms with van der Waals surface area (Å²) in [4.78, 5) is 10.5. The third-order valence-corrected chi connectivity index (χ3v) is 17.0. The fourth-order valence-electron chi connectivity index (χ4n) is 1.65. The van der Waals surface area contributed by atoms with E-state index in [9.17, 15) is 9.46 Å². The topological polar surface area (TPSA) is 40.1 Å². The molecule has 1 atom stereocenters. The third kappa shape index (κ3) is 6.75. The van der Waals surface area contributed by atoms with E-state index in [1.54, 1.807) is 0 Å². The van der Waals surface area contributed by atoms with Crippen LogP contribution in [0.4, 0.5) is 0 Å². The summed E-state index contributed by atoms with van der Waals surface area (Å²) in [6, 6.07) is 0. The minimum Gasteiger partial charge on any atom is 1.00 e. The van der Waals surface area contributed by atoms with Crippen LogP contribution in [0.1, 0.15) is 20.8 Å². The molecule has 0 spiro atoms. The zero-order valence-corrected chi connectivity index (χ0v) is 14.5. The van der Waals surface area contributed by atoms with Crippen molar-refractivity contribution in [1.29, 1.82) is 0 Å². The molecule has 0 saturated carbocycles. The maximum atomic E-state index is 10.5. The molecule has 0 aromatic heterocycles. The summed E-state index contributed by atoms with van der Waals surface area (Å²) < 4.78 is 10.5. The third-order valence-electron chi connectivity index (χ3n) is 3.11. The Morgan fingerprint density at radius 2 is 1.54 bits per heavy atom. The minimum absolute atomic E-state index is 0. The average Bonchev–Trinajstić information content (AvgIpc) is 2.08. The van der Waals surface area contributed by atoms with Gasteiger partial charge in [-0.3, -0.25) is 0 Å². The van der Waals surface area contributed by atoms with Gasteiger partial charge in [-0.15, -0.1) is 0 Å². The molecule has 0 aliphatic heterocycles. The first-order valence-corrected chi connectivity index (χ1v) is 12.3. The van der Waals surface area contributed by atoms with Gasteiger partial charge in [0, 0.05) is 0 Å². The molecule has 2 nitrogen and oxygen atoms in total. The predicted molar refractivity (Wildman–Crippen MR) is 55.9 cm³/mol. The minimum atomic E-state index is -2.45.